The Bertz CT molecular complexity index is 869. The second kappa shape index (κ2) is 6.82. The maximum Gasteiger partial charge on any atom is 0.267 e. The van der Waals surface area contributed by atoms with Crippen LogP contribution in [0.1, 0.15) is 60.0 Å². The third-order valence-electron chi connectivity index (χ3n) is 4.67. The fourth-order valence-corrected chi connectivity index (χ4v) is 2.93. The van der Waals surface area contributed by atoms with Crippen molar-refractivity contribution < 1.29 is 9.59 Å². The molecule has 0 bridgehead atoms. The number of H-pyrrole nitrogens is 2. The molecule has 3 rings (SSSR count). The van der Waals surface area contributed by atoms with Gasteiger partial charge in [0.05, 0.1) is 0 Å². The van der Waals surface area contributed by atoms with E-state index in [1.54, 1.807) is 0 Å². The molecule has 1 aliphatic rings. The van der Waals surface area contributed by atoms with Gasteiger partial charge in [0.1, 0.15) is 11.3 Å². The van der Waals surface area contributed by atoms with E-state index in [-0.39, 0.29) is 40.3 Å². The minimum Gasteiger partial charge on any atom is -0.367 e. The van der Waals surface area contributed by atoms with Crippen LogP contribution in [0, 0.1) is 0 Å². The monoisotopic (exact) mass is 356 g/mol. The molecule has 2 aromatic heterocycles. The minimum atomic E-state index is -0.388. The van der Waals surface area contributed by atoms with Crippen molar-refractivity contribution in [3.63, 3.8) is 0 Å². The van der Waals surface area contributed by atoms with Gasteiger partial charge in [-0.3, -0.25) is 14.4 Å². The van der Waals surface area contributed by atoms with Gasteiger partial charge in [0.2, 0.25) is 0 Å². The van der Waals surface area contributed by atoms with Crippen LogP contribution >= 0.6 is 0 Å². The molecule has 0 aliphatic heterocycles. The topological polar surface area (TPSA) is 107 Å². The van der Waals surface area contributed by atoms with E-state index in [0.29, 0.717) is 18.5 Å². The van der Waals surface area contributed by atoms with E-state index >= 15 is 0 Å². The van der Waals surface area contributed by atoms with Crippen LogP contribution in [-0.2, 0) is 5.41 Å². The molecule has 0 radical (unpaired) electrons. The van der Waals surface area contributed by atoms with Crippen LogP contribution in [0.3, 0.4) is 0 Å². The number of pyridine rings is 1. The molecule has 1 saturated carbocycles. The van der Waals surface area contributed by atoms with E-state index in [4.69, 9.17) is 0 Å². The molecule has 4 N–H and O–H groups in total. The highest BCUT2D eigenvalue weighted by Crippen LogP contribution is 2.24. The van der Waals surface area contributed by atoms with Gasteiger partial charge < -0.3 is 20.6 Å². The Labute approximate surface area is 151 Å². The zero-order valence-electron chi connectivity index (χ0n) is 15.2. The molecule has 138 valence electrons. The summed E-state index contributed by atoms with van der Waals surface area (Å²) >= 11 is 0. The first-order chi connectivity index (χ1) is 12.2. The Morgan fingerprint density at radius 2 is 1.73 bits per heavy atom. The van der Waals surface area contributed by atoms with Gasteiger partial charge in [0, 0.05) is 36.7 Å². The fraction of sp³-hybridized carbons (Fsp3) is 0.421. The van der Waals surface area contributed by atoms with Gasteiger partial charge in [-0.1, -0.05) is 20.8 Å². The second-order valence-corrected chi connectivity index (χ2v) is 7.79. The zero-order chi connectivity index (χ0) is 18.9. The first-order valence-corrected chi connectivity index (χ1v) is 8.72. The molecule has 7 nitrogen and oxygen atoms in total. The van der Waals surface area contributed by atoms with Crippen LogP contribution in [0.5, 0.6) is 0 Å². The van der Waals surface area contributed by atoms with Gasteiger partial charge in [-0.05, 0) is 29.9 Å². The maximum atomic E-state index is 12.3. The van der Waals surface area contributed by atoms with Crippen molar-refractivity contribution >= 4 is 11.8 Å². The highest BCUT2D eigenvalue weighted by atomic mass is 16.2. The van der Waals surface area contributed by atoms with Crippen LogP contribution in [0.15, 0.2) is 35.5 Å². The van der Waals surface area contributed by atoms with E-state index in [9.17, 15) is 14.4 Å². The molecule has 2 amide bonds. The molecule has 0 unspecified atom stereocenters. The number of carbonyl (C=O) groups is 2. The summed E-state index contributed by atoms with van der Waals surface area (Å²) < 4.78 is 0. The summed E-state index contributed by atoms with van der Waals surface area (Å²) in [6.45, 7) is 6.28. The molecule has 7 heteroatoms. The van der Waals surface area contributed by atoms with Crippen molar-refractivity contribution in [3.8, 4) is 0 Å². The molecular formula is C19H24N4O3. The van der Waals surface area contributed by atoms with E-state index in [1.165, 1.54) is 18.5 Å². The van der Waals surface area contributed by atoms with Crippen molar-refractivity contribution in [2.75, 3.05) is 0 Å². The number of rotatable bonds is 4. The quantitative estimate of drug-likeness (QED) is 0.670. The van der Waals surface area contributed by atoms with Gasteiger partial charge in [0.15, 0.2) is 5.43 Å². The summed E-state index contributed by atoms with van der Waals surface area (Å²) in [5.41, 5.74) is 1.39. The molecule has 2 heterocycles. The van der Waals surface area contributed by atoms with Crippen molar-refractivity contribution in [1.82, 2.24) is 20.6 Å². The molecule has 1 fully saturated rings. The van der Waals surface area contributed by atoms with E-state index in [1.807, 2.05) is 12.3 Å². The van der Waals surface area contributed by atoms with E-state index in [2.05, 4.69) is 41.4 Å². The van der Waals surface area contributed by atoms with Crippen molar-refractivity contribution in [2.45, 2.75) is 51.1 Å². The normalized spacial score (nSPS) is 19.5. The number of carbonyl (C=O) groups excluding carboxylic acids is 2. The summed E-state index contributed by atoms with van der Waals surface area (Å²) in [4.78, 5) is 41.8. The molecule has 0 aromatic carbocycles. The van der Waals surface area contributed by atoms with E-state index < -0.39 is 0 Å². The van der Waals surface area contributed by atoms with Crippen LogP contribution in [0.25, 0.3) is 0 Å². The fourth-order valence-electron chi connectivity index (χ4n) is 2.93. The second-order valence-electron chi connectivity index (χ2n) is 7.79. The average molecular weight is 356 g/mol. The van der Waals surface area contributed by atoms with Crippen molar-refractivity contribution in [3.05, 3.63) is 57.8 Å². The molecule has 1 aliphatic carbocycles. The lowest BCUT2D eigenvalue weighted by molar-refractivity contribution is 0.0859. The lowest BCUT2D eigenvalue weighted by atomic mass is 9.86. The Kier molecular flexibility index (Phi) is 4.71. The number of amides is 2. The smallest absolute Gasteiger partial charge is 0.267 e. The third-order valence-corrected chi connectivity index (χ3v) is 4.67. The third kappa shape index (κ3) is 3.87. The highest BCUT2D eigenvalue weighted by molar-refractivity contribution is 5.94. The molecular weight excluding hydrogens is 332 g/mol. The largest absolute Gasteiger partial charge is 0.367 e. The summed E-state index contributed by atoms with van der Waals surface area (Å²) in [6, 6.07) is 3.17. The van der Waals surface area contributed by atoms with Gasteiger partial charge in [-0.25, -0.2) is 0 Å². The van der Waals surface area contributed by atoms with Crippen LogP contribution in [-0.4, -0.2) is 33.9 Å². The minimum absolute atomic E-state index is 0.0169. The summed E-state index contributed by atoms with van der Waals surface area (Å²) in [5, 5.41) is 5.78. The van der Waals surface area contributed by atoms with E-state index in [0.717, 1.165) is 5.56 Å². The van der Waals surface area contributed by atoms with Gasteiger partial charge in [-0.2, -0.15) is 0 Å². The Hall–Kier alpha value is -2.83. The predicted octanol–water partition coefficient (Wildman–Crippen LogP) is 1.69. The number of hydrogen-bond acceptors (Lipinski definition) is 3. The number of aromatic nitrogens is 2. The average Bonchev–Trinajstić information content (AvgIpc) is 3.03. The van der Waals surface area contributed by atoms with Crippen LogP contribution in [0.4, 0.5) is 0 Å². The van der Waals surface area contributed by atoms with Gasteiger partial charge in [0.25, 0.3) is 11.8 Å². The molecule has 0 saturated heterocycles. The van der Waals surface area contributed by atoms with Gasteiger partial charge in [-0.15, -0.1) is 0 Å². The molecule has 26 heavy (non-hydrogen) atoms. The number of nitrogens with one attached hydrogen (secondary N) is 4. The summed E-state index contributed by atoms with van der Waals surface area (Å²) in [5.74, 6) is -0.532. The summed E-state index contributed by atoms with van der Waals surface area (Å²) in [7, 11) is 0. The van der Waals surface area contributed by atoms with Gasteiger partial charge >= 0.3 is 0 Å². The Morgan fingerprint density at radius 3 is 2.31 bits per heavy atom. The lowest BCUT2D eigenvalue weighted by Crippen LogP contribution is -2.54. The van der Waals surface area contributed by atoms with Crippen LogP contribution in [0.2, 0.25) is 0 Å². The summed E-state index contributed by atoms with van der Waals surface area (Å²) in [6.07, 6.45) is 6.04. The SMILES string of the molecule is CC(C)(C)c1c[nH]c(C(=O)NC2CC(NC(=O)c3c[nH]ccc3=O)C2)c1. The number of aromatic amines is 2. The Balaban J connectivity index is 1.49. The standard InChI is InChI=1S/C19H24N4O3/c1-19(2,3)11-6-15(21-9-11)18(26)23-13-7-12(8-13)22-17(25)14-10-20-5-4-16(14)24/h4-6,9-10,12-13,21H,7-8H2,1-3H3,(H,20,24)(H,22,25)(H,23,26). The lowest BCUT2D eigenvalue weighted by Gasteiger charge is -2.36. The molecule has 2 aromatic rings. The predicted molar refractivity (Wildman–Crippen MR) is 98.3 cm³/mol. The Morgan fingerprint density at radius 1 is 1.08 bits per heavy atom. The highest BCUT2D eigenvalue weighted by Gasteiger charge is 2.32. The first-order valence-electron chi connectivity index (χ1n) is 8.72. The molecule has 0 atom stereocenters. The zero-order valence-corrected chi connectivity index (χ0v) is 15.2. The van der Waals surface area contributed by atoms with Crippen LogP contribution < -0.4 is 16.1 Å². The number of hydrogen-bond donors (Lipinski definition) is 4. The molecule has 0 spiro atoms. The van der Waals surface area contributed by atoms with Crippen molar-refractivity contribution in [1.29, 1.82) is 0 Å². The first kappa shape index (κ1) is 18.0. The maximum absolute atomic E-state index is 12.3. The van der Waals surface area contributed by atoms with Crippen molar-refractivity contribution in [2.24, 2.45) is 0 Å².